The van der Waals surface area contributed by atoms with Gasteiger partial charge in [0.2, 0.25) is 0 Å². The predicted octanol–water partition coefficient (Wildman–Crippen LogP) is 1.38. The summed E-state index contributed by atoms with van der Waals surface area (Å²) in [5, 5.41) is 8.64. The summed E-state index contributed by atoms with van der Waals surface area (Å²) < 4.78 is 10.2. The Hall–Kier alpha value is -2.08. The van der Waals surface area contributed by atoms with Gasteiger partial charge in [-0.05, 0) is 24.1 Å². The van der Waals surface area contributed by atoms with Crippen molar-refractivity contribution in [1.29, 1.82) is 0 Å². The lowest BCUT2D eigenvalue weighted by molar-refractivity contribution is -0.137. The number of carboxylic acid groups (broad SMARTS) is 1. The Labute approximate surface area is 111 Å². The van der Waals surface area contributed by atoms with E-state index in [-0.39, 0.29) is 12.8 Å². The minimum Gasteiger partial charge on any atom is -0.493 e. The summed E-state index contributed by atoms with van der Waals surface area (Å²) in [5.74, 6) is -0.175. The van der Waals surface area contributed by atoms with E-state index >= 15 is 0 Å². The molecule has 0 aliphatic carbocycles. The van der Waals surface area contributed by atoms with Gasteiger partial charge in [-0.25, -0.2) is 0 Å². The van der Waals surface area contributed by atoms with Crippen molar-refractivity contribution in [3.8, 4) is 11.5 Å². The molecule has 0 aromatic heterocycles. The molecule has 0 aliphatic rings. The summed E-state index contributed by atoms with van der Waals surface area (Å²) in [7, 11) is 2.90. The smallest absolute Gasteiger partial charge is 0.303 e. The quantitative estimate of drug-likeness (QED) is 0.724. The number of aldehydes is 1. The Bertz CT molecular complexity index is 472. The average molecular weight is 267 g/mol. The van der Waals surface area contributed by atoms with Gasteiger partial charge in [-0.2, -0.15) is 0 Å². The van der Waals surface area contributed by atoms with Crippen LogP contribution in [0.2, 0.25) is 0 Å². The number of carbonyl (C=O) groups is 2. The molecule has 0 bridgehead atoms. The highest BCUT2D eigenvalue weighted by Gasteiger charge is 2.16. The minimum absolute atomic E-state index is 0.0358. The third-order valence-corrected chi connectivity index (χ3v) is 2.75. The van der Waals surface area contributed by atoms with Crippen LogP contribution in [0.4, 0.5) is 0 Å². The Morgan fingerprint density at radius 3 is 2.58 bits per heavy atom. The molecule has 0 aliphatic heterocycles. The second kappa shape index (κ2) is 6.75. The lowest BCUT2D eigenvalue weighted by Crippen LogP contribution is -2.13. The minimum atomic E-state index is -0.911. The Balaban J connectivity index is 3.08. The zero-order chi connectivity index (χ0) is 14.4. The second-order valence-corrected chi connectivity index (χ2v) is 4.00. The van der Waals surface area contributed by atoms with Crippen LogP contribution in [0.3, 0.4) is 0 Å². The number of carboxylic acids is 1. The number of nitrogens with two attached hydrogens (primary N) is 1. The molecule has 0 radical (unpaired) electrons. The zero-order valence-corrected chi connectivity index (χ0v) is 10.9. The maximum absolute atomic E-state index is 11.0. The molecule has 6 nitrogen and oxygen atoms in total. The van der Waals surface area contributed by atoms with E-state index in [0.717, 1.165) is 0 Å². The van der Waals surface area contributed by atoms with E-state index in [1.165, 1.54) is 14.2 Å². The van der Waals surface area contributed by atoms with Crippen molar-refractivity contribution in [2.24, 2.45) is 5.73 Å². The summed E-state index contributed by atoms with van der Waals surface area (Å²) in [5.41, 5.74) is 6.87. The summed E-state index contributed by atoms with van der Waals surface area (Å²) in [4.78, 5) is 21.6. The maximum Gasteiger partial charge on any atom is 0.303 e. The summed E-state index contributed by atoms with van der Waals surface area (Å²) in [6.07, 6.45) is 0.893. The molecule has 0 amide bonds. The van der Waals surface area contributed by atoms with Gasteiger partial charge in [-0.15, -0.1) is 0 Å². The van der Waals surface area contributed by atoms with Crippen LogP contribution >= 0.6 is 0 Å². The first-order chi connectivity index (χ1) is 9.03. The van der Waals surface area contributed by atoms with Crippen LogP contribution in [0.1, 0.15) is 34.8 Å². The Morgan fingerprint density at radius 2 is 2.11 bits per heavy atom. The highest BCUT2D eigenvalue weighted by atomic mass is 16.5. The number of methoxy groups -OCH3 is 2. The Morgan fingerprint density at radius 1 is 1.42 bits per heavy atom. The van der Waals surface area contributed by atoms with E-state index in [2.05, 4.69) is 0 Å². The molecule has 3 N–H and O–H groups in total. The molecule has 0 saturated heterocycles. The van der Waals surface area contributed by atoms with E-state index in [0.29, 0.717) is 28.9 Å². The topological polar surface area (TPSA) is 98.9 Å². The van der Waals surface area contributed by atoms with Crippen LogP contribution in [0, 0.1) is 0 Å². The SMILES string of the molecule is COc1cc(C(N)CCC(=O)O)cc(C=O)c1OC. The van der Waals surface area contributed by atoms with Gasteiger partial charge in [0.25, 0.3) is 0 Å². The molecule has 0 fully saturated rings. The molecule has 19 heavy (non-hydrogen) atoms. The standard InChI is InChI=1S/C13H17NO5/c1-18-11-6-8(10(14)3-4-12(16)17)5-9(7-15)13(11)19-2/h5-7,10H,3-4,14H2,1-2H3,(H,16,17). The van der Waals surface area contributed by atoms with E-state index in [1.807, 2.05) is 0 Å². The lowest BCUT2D eigenvalue weighted by Gasteiger charge is -2.16. The Kier molecular flexibility index (Phi) is 5.32. The first kappa shape index (κ1) is 15.0. The summed E-state index contributed by atoms with van der Waals surface area (Å²) >= 11 is 0. The largest absolute Gasteiger partial charge is 0.493 e. The van der Waals surface area contributed by atoms with Crippen LogP contribution in [-0.4, -0.2) is 31.6 Å². The monoisotopic (exact) mass is 267 g/mol. The summed E-state index contributed by atoms with van der Waals surface area (Å²) in [6, 6.07) is 2.76. The van der Waals surface area contributed by atoms with Crippen molar-refractivity contribution >= 4 is 12.3 Å². The van der Waals surface area contributed by atoms with Crippen LogP contribution in [-0.2, 0) is 4.79 Å². The second-order valence-electron chi connectivity index (χ2n) is 4.00. The van der Waals surface area contributed by atoms with Gasteiger partial charge < -0.3 is 20.3 Å². The van der Waals surface area contributed by atoms with E-state index < -0.39 is 12.0 Å². The van der Waals surface area contributed by atoms with Gasteiger partial charge in [0, 0.05) is 12.5 Å². The van der Waals surface area contributed by atoms with Crippen molar-refractivity contribution in [1.82, 2.24) is 0 Å². The first-order valence-electron chi connectivity index (χ1n) is 5.72. The number of ether oxygens (including phenoxy) is 2. The number of benzene rings is 1. The molecular weight excluding hydrogens is 250 g/mol. The van der Waals surface area contributed by atoms with Crippen molar-refractivity contribution in [3.05, 3.63) is 23.3 Å². The van der Waals surface area contributed by atoms with Gasteiger partial charge in [0.15, 0.2) is 17.8 Å². The van der Waals surface area contributed by atoms with Crippen LogP contribution < -0.4 is 15.2 Å². The fourth-order valence-electron chi connectivity index (χ4n) is 1.76. The van der Waals surface area contributed by atoms with Gasteiger partial charge >= 0.3 is 5.97 Å². The van der Waals surface area contributed by atoms with Crippen LogP contribution in [0.25, 0.3) is 0 Å². The molecule has 0 heterocycles. The number of hydrogen-bond acceptors (Lipinski definition) is 5. The molecule has 1 atom stereocenters. The number of aliphatic carboxylic acids is 1. The molecule has 6 heteroatoms. The third kappa shape index (κ3) is 3.69. The average Bonchev–Trinajstić information content (AvgIpc) is 2.42. The normalized spacial score (nSPS) is 11.7. The molecule has 0 saturated carbocycles. The van der Waals surface area contributed by atoms with E-state index in [1.54, 1.807) is 12.1 Å². The summed E-state index contributed by atoms with van der Waals surface area (Å²) in [6.45, 7) is 0. The molecule has 1 rings (SSSR count). The van der Waals surface area contributed by atoms with Crippen molar-refractivity contribution < 1.29 is 24.2 Å². The van der Waals surface area contributed by atoms with Crippen molar-refractivity contribution in [2.75, 3.05) is 14.2 Å². The zero-order valence-electron chi connectivity index (χ0n) is 10.9. The van der Waals surface area contributed by atoms with Gasteiger partial charge in [0.1, 0.15) is 0 Å². The fourth-order valence-corrected chi connectivity index (χ4v) is 1.76. The van der Waals surface area contributed by atoms with Gasteiger partial charge in [-0.1, -0.05) is 0 Å². The molecule has 1 unspecified atom stereocenters. The van der Waals surface area contributed by atoms with Crippen molar-refractivity contribution in [3.63, 3.8) is 0 Å². The molecule has 1 aromatic carbocycles. The number of hydrogen-bond donors (Lipinski definition) is 2. The highest BCUT2D eigenvalue weighted by Crippen LogP contribution is 2.33. The third-order valence-electron chi connectivity index (χ3n) is 2.75. The van der Waals surface area contributed by atoms with Crippen molar-refractivity contribution in [2.45, 2.75) is 18.9 Å². The lowest BCUT2D eigenvalue weighted by atomic mass is 10.00. The van der Waals surface area contributed by atoms with Gasteiger partial charge in [0.05, 0.1) is 19.8 Å². The molecule has 1 aromatic rings. The molecule has 104 valence electrons. The number of carbonyl (C=O) groups excluding carboxylic acids is 1. The molecule has 0 spiro atoms. The maximum atomic E-state index is 11.0. The van der Waals surface area contributed by atoms with Gasteiger partial charge in [-0.3, -0.25) is 9.59 Å². The highest BCUT2D eigenvalue weighted by molar-refractivity contribution is 5.82. The van der Waals surface area contributed by atoms with Crippen LogP contribution in [0.5, 0.6) is 11.5 Å². The van der Waals surface area contributed by atoms with Crippen LogP contribution in [0.15, 0.2) is 12.1 Å². The molecular formula is C13H17NO5. The fraction of sp³-hybridized carbons (Fsp3) is 0.385. The van der Waals surface area contributed by atoms with E-state index in [9.17, 15) is 9.59 Å². The van der Waals surface area contributed by atoms with E-state index in [4.69, 9.17) is 20.3 Å². The first-order valence-corrected chi connectivity index (χ1v) is 5.72. The number of rotatable bonds is 7. The predicted molar refractivity (Wildman–Crippen MR) is 68.7 cm³/mol.